The van der Waals surface area contributed by atoms with Crippen LogP contribution in [0.4, 0.5) is 5.69 Å². The Balaban J connectivity index is 2.22. The lowest BCUT2D eigenvalue weighted by atomic mass is 10.1. The number of fused-ring (bicyclic) bond motifs is 1. The summed E-state index contributed by atoms with van der Waals surface area (Å²) >= 11 is 3.35. The average molecular weight is 426 g/mol. The minimum absolute atomic E-state index is 0.299. The number of pyridine rings is 1. The van der Waals surface area contributed by atoms with E-state index in [0.717, 1.165) is 4.47 Å². The summed E-state index contributed by atoms with van der Waals surface area (Å²) in [6.45, 7) is 2.15. The van der Waals surface area contributed by atoms with Crippen LogP contribution < -0.4 is 10.5 Å². The van der Waals surface area contributed by atoms with Crippen molar-refractivity contribution < 1.29 is 9.90 Å². The zero-order chi connectivity index (χ0) is 19.7. The van der Waals surface area contributed by atoms with Gasteiger partial charge >= 0.3 is 0 Å². The summed E-state index contributed by atoms with van der Waals surface area (Å²) in [5, 5.41) is 20.2. The Hall–Kier alpha value is -3.11. The molecule has 1 aromatic heterocycles. The Morgan fingerprint density at radius 2 is 2.04 bits per heavy atom. The standard InChI is InChI=1S/C20H16BrN3O3/c1-3-24-16-8-7-13(21)10-15(16)18(25)17(20(24)27)19(26)23(2)14-6-4-5-12(9-14)11-22/h4-10,25H,3H2,1-2H3. The Morgan fingerprint density at radius 3 is 2.70 bits per heavy atom. The van der Waals surface area contributed by atoms with E-state index >= 15 is 0 Å². The van der Waals surface area contributed by atoms with E-state index in [1.807, 2.05) is 6.07 Å². The number of aromatic nitrogens is 1. The van der Waals surface area contributed by atoms with Crippen molar-refractivity contribution in [1.82, 2.24) is 4.57 Å². The molecule has 0 fully saturated rings. The van der Waals surface area contributed by atoms with Crippen LogP contribution in [0.5, 0.6) is 5.75 Å². The first kappa shape index (κ1) is 18.7. The molecule has 3 aromatic rings. The SMILES string of the molecule is CCn1c(=O)c(C(=O)N(C)c2cccc(C#N)c2)c(O)c2cc(Br)ccc21. The topological polar surface area (TPSA) is 86.3 Å². The Kier molecular flexibility index (Phi) is 5.02. The molecule has 0 radical (unpaired) electrons. The van der Waals surface area contributed by atoms with Gasteiger partial charge in [-0.25, -0.2) is 0 Å². The van der Waals surface area contributed by atoms with Gasteiger partial charge in [0, 0.05) is 29.1 Å². The number of aryl methyl sites for hydroxylation is 1. The van der Waals surface area contributed by atoms with Crippen molar-refractivity contribution in [3.05, 3.63) is 68.4 Å². The highest BCUT2D eigenvalue weighted by Gasteiger charge is 2.25. The normalized spacial score (nSPS) is 10.6. The van der Waals surface area contributed by atoms with E-state index in [-0.39, 0.29) is 11.3 Å². The van der Waals surface area contributed by atoms with Gasteiger partial charge in [0.1, 0.15) is 11.3 Å². The van der Waals surface area contributed by atoms with E-state index < -0.39 is 11.5 Å². The first-order valence-corrected chi connectivity index (χ1v) is 9.01. The quantitative estimate of drug-likeness (QED) is 0.693. The van der Waals surface area contributed by atoms with Crippen molar-refractivity contribution in [2.45, 2.75) is 13.5 Å². The van der Waals surface area contributed by atoms with Crippen LogP contribution in [0.2, 0.25) is 0 Å². The molecule has 0 aliphatic heterocycles. The van der Waals surface area contributed by atoms with Gasteiger partial charge in [0.25, 0.3) is 11.5 Å². The minimum Gasteiger partial charge on any atom is -0.506 e. The zero-order valence-corrected chi connectivity index (χ0v) is 16.3. The molecule has 2 aromatic carbocycles. The number of benzene rings is 2. The van der Waals surface area contributed by atoms with Gasteiger partial charge in [-0.2, -0.15) is 5.26 Å². The number of hydrogen-bond donors (Lipinski definition) is 1. The third-order valence-electron chi connectivity index (χ3n) is 4.40. The number of nitrogens with zero attached hydrogens (tertiary/aromatic N) is 3. The van der Waals surface area contributed by atoms with Crippen LogP contribution in [-0.2, 0) is 6.54 Å². The predicted molar refractivity (Wildman–Crippen MR) is 107 cm³/mol. The molecule has 0 saturated heterocycles. The fourth-order valence-corrected chi connectivity index (χ4v) is 3.35. The van der Waals surface area contributed by atoms with Crippen LogP contribution in [0.1, 0.15) is 22.8 Å². The molecular formula is C20H16BrN3O3. The number of anilines is 1. The summed E-state index contributed by atoms with van der Waals surface area (Å²) < 4.78 is 2.17. The van der Waals surface area contributed by atoms with Crippen LogP contribution in [-0.4, -0.2) is 22.6 Å². The van der Waals surface area contributed by atoms with E-state index in [2.05, 4.69) is 15.9 Å². The lowest BCUT2D eigenvalue weighted by Crippen LogP contribution is -2.34. The number of rotatable bonds is 3. The average Bonchev–Trinajstić information content (AvgIpc) is 2.68. The molecule has 0 bridgehead atoms. The van der Waals surface area contributed by atoms with Gasteiger partial charge in [0.2, 0.25) is 0 Å². The number of aromatic hydroxyl groups is 1. The second kappa shape index (κ2) is 7.25. The number of amides is 1. The first-order valence-electron chi connectivity index (χ1n) is 8.22. The number of carbonyl (C=O) groups is 1. The molecule has 6 nitrogen and oxygen atoms in total. The minimum atomic E-state index is -0.642. The van der Waals surface area contributed by atoms with E-state index in [4.69, 9.17) is 5.26 Å². The van der Waals surface area contributed by atoms with Gasteiger partial charge < -0.3 is 14.6 Å². The molecule has 0 aliphatic rings. The molecule has 3 rings (SSSR count). The molecule has 0 saturated carbocycles. The zero-order valence-electron chi connectivity index (χ0n) is 14.7. The van der Waals surface area contributed by atoms with Gasteiger partial charge in [0.15, 0.2) is 0 Å². The highest BCUT2D eigenvalue weighted by molar-refractivity contribution is 9.10. The molecule has 0 aliphatic carbocycles. The van der Waals surface area contributed by atoms with Gasteiger partial charge in [-0.05, 0) is 43.3 Å². The van der Waals surface area contributed by atoms with E-state index in [9.17, 15) is 14.7 Å². The molecular weight excluding hydrogens is 410 g/mol. The third-order valence-corrected chi connectivity index (χ3v) is 4.89. The second-order valence-corrected chi connectivity index (χ2v) is 6.88. The van der Waals surface area contributed by atoms with Crippen molar-refractivity contribution >= 4 is 38.4 Å². The Labute approximate surface area is 164 Å². The lowest BCUT2D eigenvalue weighted by molar-refractivity contribution is 0.0988. The van der Waals surface area contributed by atoms with Gasteiger partial charge in [-0.1, -0.05) is 22.0 Å². The summed E-state index contributed by atoms with van der Waals surface area (Å²) in [5.74, 6) is -0.994. The van der Waals surface area contributed by atoms with Crippen LogP contribution >= 0.6 is 15.9 Å². The maximum atomic E-state index is 13.0. The van der Waals surface area contributed by atoms with Gasteiger partial charge in [0.05, 0.1) is 17.1 Å². The largest absolute Gasteiger partial charge is 0.506 e. The third kappa shape index (κ3) is 3.20. The molecule has 1 N–H and O–H groups in total. The van der Waals surface area contributed by atoms with E-state index in [0.29, 0.717) is 28.7 Å². The number of halogens is 1. The predicted octanol–water partition coefficient (Wildman–Crippen LogP) is 3.64. The van der Waals surface area contributed by atoms with Crippen molar-refractivity contribution in [1.29, 1.82) is 5.26 Å². The Morgan fingerprint density at radius 1 is 1.30 bits per heavy atom. The summed E-state index contributed by atoms with van der Waals surface area (Å²) in [5.41, 5.74) is 0.541. The summed E-state index contributed by atoms with van der Waals surface area (Å²) in [6, 6.07) is 13.7. The fourth-order valence-electron chi connectivity index (χ4n) is 2.99. The molecule has 1 heterocycles. The number of nitriles is 1. The second-order valence-electron chi connectivity index (χ2n) is 5.96. The number of carbonyl (C=O) groups excluding carboxylic acids is 1. The summed E-state index contributed by atoms with van der Waals surface area (Å²) in [6.07, 6.45) is 0. The van der Waals surface area contributed by atoms with Crippen LogP contribution in [0.25, 0.3) is 10.9 Å². The molecule has 0 atom stereocenters. The van der Waals surface area contributed by atoms with Crippen molar-refractivity contribution in [3.63, 3.8) is 0 Å². The molecule has 0 spiro atoms. The maximum Gasteiger partial charge on any atom is 0.267 e. The van der Waals surface area contributed by atoms with Crippen molar-refractivity contribution in [3.8, 4) is 11.8 Å². The molecule has 0 unspecified atom stereocenters. The highest BCUT2D eigenvalue weighted by Crippen LogP contribution is 2.30. The number of hydrogen-bond acceptors (Lipinski definition) is 4. The monoisotopic (exact) mass is 425 g/mol. The molecule has 27 heavy (non-hydrogen) atoms. The molecule has 1 amide bonds. The molecule has 7 heteroatoms. The highest BCUT2D eigenvalue weighted by atomic mass is 79.9. The fraction of sp³-hybridized carbons (Fsp3) is 0.150. The Bertz CT molecular complexity index is 1160. The smallest absolute Gasteiger partial charge is 0.267 e. The van der Waals surface area contributed by atoms with Gasteiger partial charge in [-0.3, -0.25) is 9.59 Å². The summed E-state index contributed by atoms with van der Waals surface area (Å²) in [7, 11) is 1.50. The van der Waals surface area contributed by atoms with Crippen molar-refractivity contribution in [2.24, 2.45) is 0 Å². The lowest BCUT2D eigenvalue weighted by Gasteiger charge is -2.20. The van der Waals surface area contributed by atoms with Crippen LogP contribution in [0, 0.1) is 11.3 Å². The maximum absolute atomic E-state index is 13.0. The van der Waals surface area contributed by atoms with Gasteiger partial charge in [-0.15, -0.1) is 0 Å². The summed E-state index contributed by atoms with van der Waals surface area (Å²) in [4.78, 5) is 27.2. The van der Waals surface area contributed by atoms with Crippen LogP contribution in [0.3, 0.4) is 0 Å². The van der Waals surface area contributed by atoms with E-state index in [1.54, 1.807) is 49.4 Å². The van der Waals surface area contributed by atoms with Crippen molar-refractivity contribution in [2.75, 3.05) is 11.9 Å². The van der Waals surface area contributed by atoms with E-state index in [1.165, 1.54) is 16.5 Å². The first-order chi connectivity index (χ1) is 12.9. The van der Waals surface area contributed by atoms with Crippen LogP contribution in [0.15, 0.2) is 51.7 Å². The molecule has 136 valence electrons.